The third-order valence-electron chi connectivity index (χ3n) is 9.19. The number of primary amides is 1. The lowest BCUT2D eigenvalue weighted by Gasteiger charge is -2.50. The van der Waals surface area contributed by atoms with Crippen molar-refractivity contribution in [2.24, 2.45) is 17.6 Å². The van der Waals surface area contributed by atoms with Crippen LogP contribution in [-0.4, -0.2) is 88.7 Å². The zero-order valence-electron chi connectivity index (χ0n) is 23.3. The molecule has 4 atom stereocenters. The number of anilines is 1. The Morgan fingerprint density at radius 1 is 1.12 bits per heavy atom. The Hall–Kier alpha value is -3.41. The highest BCUT2D eigenvalue weighted by molar-refractivity contribution is 6.24. The maximum absolute atomic E-state index is 14.1. The first-order chi connectivity index (χ1) is 18.8. The Labute approximate surface area is 232 Å². The molecule has 7 N–H and O–H groups in total. The minimum Gasteiger partial charge on any atom is -0.508 e. The number of amides is 1. The number of nitrogens with two attached hydrogens (primary N) is 1. The fourth-order valence-electron chi connectivity index (χ4n) is 7.26. The number of aliphatic hydroxyl groups excluding tert-OH is 2. The Balaban J connectivity index is 1.67. The molecule has 40 heavy (non-hydrogen) atoms. The summed E-state index contributed by atoms with van der Waals surface area (Å²) in [7, 11) is 6.88. The molecule has 216 valence electrons. The van der Waals surface area contributed by atoms with Crippen molar-refractivity contribution in [2.45, 2.75) is 62.8 Å². The van der Waals surface area contributed by atoms with Crippen LogP contribution in [0.3, 0.4) is 0 Å². The molecule has 1 aromatic carbocycles. The van der Waals surface area contributed by atoms with E-state index in [-0.39, 0.29) is 29.7 Å². The van der Waals surface area contributed by atoms with Gasteiger partial charge in [-0.05, 0) is 57.3 Å². The lowest BCUT2D eigenvalue weighted by Crippen LogP contribution is -2.65. The van der Waals surface area contributed by atoms with Crippen LogP contribution in [0.25, 0.3) is 5.76 Å². The second-order valence-corrected chi connectivity index (χ2v) is 12.0. The number of nitrogens with one attached hydrogen (secondary N) is 1. The van der Waals surface area contributed by atoms with Crippen molar-refractivity contribution in [3.05, 3.63) is 39.7 Å². The van der Waals surface area contributed by atoms with Gasteiger partial charge in [-0.15, -0.1) is 0 Å². The van der Waals surface area contributed by atoms with Crippen LogP contribution in [0.15, 0.2) is 23.0 Å². The predicted molar refractivity (Wildman–Crippen MR) is 148 cm³/mol. The first kappa shape index (κ1) is 28.1. The highest BCUT2D eigenvalue weighted by Crippen LogP contribution is 2.54. The fraction of sp³-hybridized carbons (Fsp3) is 0.552. The van der Waals surface area contributed by atoms with E-state index in [1.54, 1.807) is 14.1 Å². The lowest BCUT2D eigenvalue weighted by atomic mass is 9.57. The standard InChI is InChI=1S/C29H38N4O7/c1-32(2)18-11-14(12-31-15-7-5-6-8-15)23(34)20-16(18)9-13-10-17-22(33(3)4)25(36)21(28(30)39)27(38)29(17,40)26(37)19(13)24(20)35/h11,13,15,17,22,31,34-35,38,40H,5-10,12H2,1-4H3,(H2,30,39)/t13-,17+,22-,29+/m0/s1. The summed E-state index contributed by atoms with van der Waals surface area (Å²) in [5, 5.41) is 49.2. The number of carbonyl (C=O) groups is 3. The number of rotatable bonds is 6. The van der Waals surface area contributed by atoms with E-state index in [9.17, 15) is 34.8 Å². The van der Waals surface area contributed by atoms with Gasteiger partial charge in [-0.3, -0.25) is 19.3 Å². The molecule has 0 saturated heterocycles. The summed E-state index contributed by atoms with van der Waals surface area (Å²) in [6.45, 7) is 0.370. The minimum atomic E-state index is -2.65. The molecule has 11 nitrogen and oxygen atoms in total. The van der Waals surface area contributed by atoms with Crippen LogP contribution in [0, 0.1) is 11.8 Å². The molecule has 0 heterocycles. The van der Waals surface area contributed by atoms with Crippen molar-refractivity contribution >= 4 is 28.9 Å². The predicted octanol–water partition coefficient (Wildman–Crippen LogP) is 1.06. The second-order valence-electron chi connectivity index (χ2n) is 12.0. The molecule has 0 radical (unpaired) electrons. The first-order valence-corrected chi connectivity index (χ1v) is 13.7. The van der Waals surface area contributed by atoms with Gasteiger partial charge in [0.05, 0.1) is 11.6 Å². The van der Waals surface area contributed by atoms with E-state index < -0.39 is 58.0 Å². The number of carbonyl (C=O) groups excluding carboxylic acids is 3. The SMILES string of the molecule is CN(C)c1cc(CNC2CCCC2)c(O)c2c1C[C@H]1C[C@@H]3[C@H](N(C)C)C(=O)C(C(N)=O)=C(O)[C@]3(O)C(=O)C1=C2O. The van der Waals surface area contributed by atoms with Crippen LogP contribution in [-0.2, 0) is 27.3 Å². The molecular formula is C29H38N4O7. The van der Waals surface area contributed by atoms with E-state index in [0.717, 1.165) is 31.4 Å². The molecular weight excluding hydrogens is 516 g/mol. The Kier molecular flexibility index (Phi) is 6.96. The van der Waals surface area contributed by atoms with Gasteiger partial charge < -0.3 is 36.4 Å². The van der Waals surface area contributed by atoms with Gasteiger partial charge in [-0.2, -0.15) is 0 Å². The summed E-state index contributed by atoms with van der Waals surface area (Å²) in [6, 6.07) is 1.12. The molecule has 5 rings (SSSR count). The minimum absolute atomic E-state index is 0.0599. The van der Waals surface area contributed by atoms with Crippen LogP contribution < -0.4 is 16.0 Å². The van der Waals surface area contributed by atoms with E-state index in [4.69, 9.17) is 5.73 Å². The van der Waals surface area contributed by atoms with Crippen molar-refractivity contribution in [1.29, 1.82) is 0 Å². The second kappa shape index (κ2) is 9.90. The maximum Gasteiger partial charge on any atom is 0.255 e. The number of nitrogens with zero attached hydrogens (tertiary/aromatic N) is 2. The molecule has 0 aliphatic heterocycles. The Bertz CT molecular complexity index is 1360. The van der Waals surface area contributed by atoms with Crippen LogP contribution in [0.4, 0.5) is 5.69 Å². The van der Waals surface area contributed by atoms with E-state index in [1.807, 2.05) is 25.1 Å². The van der Waals surface area contributed by atoms with Gasteiger partial charge in [-0.25, -0.2) is 0 Å². The fourth-order valence-corrected chi connectivity index (χ4v) is 7.26. The van der Waals surface area contributed by atoms with Gasteiger partial charge in [0, 0.05) is 49.4 Å². The number of hydrogen-bond donors (Lipinski definition) is 6. The number of phenols is 1. The van der Waals surface area contributed by atoms with Crippen molar-refractivity contribution in [3.63, 3.8) is 0 Å². The van der Waals surface area contributed by atoms with Gasteiger partial charge in [0.25, 0.3) is 5.91 Å². The average molecular weight is 555 g/mol. The zero-order valence-corrected chi connectivity index (χ0v) is 23.3. The number of fused-ring (bicyclic) bond motifs is 3. The van der Waals surface area contributed by atoms with Gasteiger partial charge in [0.15, 0.2) is 11.4 Å². The number of ketones is 2. The summed E-state index contributed by atoms with van der Waals surface area (Å²) >= 11 is 0. The molecule has 1 aromatic rings. The number of hydrogen-bond acceptors (Lipinski definition) is 10. The topological polar surface area (TPSA) is 177 Å². The lowest BCUT2D eigenvalue weighted by molar-refractivity contribution is -0.153. The highest BCUT2D eigenvalue weighted by atomic mass is 16.3. The van der Waals surface area contributed by atoms with Gasteiger partial charge in [0.2, 0.25) is 5.78 Å². The summed E-state index contributed by atoms with van der Waals surface area (Å²) in [4.78, 5) is 42.8. The first-order valence-electron chi connectivity index (χ1n) is 13.7. The van der Waals surface area contributed by atoms with E-state index in [2.05, 4.69) is 5.32 Å². The van der Waals surface area contributed by atoms with Crippen molar-refractivity contribution < 1.29 is 34.8 Å². The van der Waals surface area contributed by atoms with Crippen LogP contribution in [0.5, 0.6) is 5.75 Å². The number of phenolic OH excluding ortho intramolecular Hbond substituents is 1. The van der Waals surface area contributed by atoms with Crippen molar-refractivity contribution in [2.75, 3.05) is 33.1 Å². The van der Waals surface area contributed by atoms with Crippen LogP contribution in [0.1, 0.15) is 48.8 Å². The average Bonchev–Trinajstić information content (AvgIpc) is 3.39. The smallest absolute Gasteiger partial charge is 0.255 e. The molecule has 0 spiro atoms. The van der Waals surface area contributed by atoms with E-state index >= 15 is 0 Å². The summed E-state index contributed by atoms with van der Waals surface area (Å²) in [5.74, 6) is -6.45. The van der Waals surface area contributed by atoms with E-state index in [1.165, 1.54) is 4.90 Å². The Morgan fingerprint density at radius 2 is 1.77 bits per heavy atom. The van der Waals surface area contributed by atoms with Crippen molar-refractivity contribution in [3.8, 4) is 5.75 Å². The zero-order chi connectivity index (χ0) is 29.3. The molecule has 2 fully saturated rings. The molecule has 0 unspecified atom stereocenters. The number of aromatic hydroxyl groups is 1. The monoisotopic (exact) mass is 554 g/mol. The van der Waals surface area contributed by atoms with Gasteiger partial charge in [-0.1, -0.05) is 12.8 Å². The highest BCUT2D eigenvalue weighted by Gasteiger charge is 2.64. The quantitative estimate of drug-likeness (QED) is 0.279. The molecule has 1 amide bonds. The summed E-state index contributed by atoms with van der Waals surface area (Å²) in [5.41, 5.74) is 3.89. The van der Waals surface area contributed by atoms with Gasteiger partial charge >= 0.3 is 0 Å². The van der Waals surface area contributed by atoms with Crippen LogP contribution in [0.2, 0.25) is 0 Å². The molecule has 0 bridgehead atoms. The van der Waals surface area contributed by atoms with Crippen molar-refractivity contribution in [1.82, 2.24) is 10.2 Å². The third-order valence-corrected chi connectivity index (χ3v) is 9.19. The summed E-state index contributed by atoms with van der Waals surface area (Å²) < 4.78 is 0. The maximum atomic E-state index is 14.1. The Morgan fingerprint density at radius 3 is 2.35 bits per heavy atom. The molecule has 4 aliphatic carbocycles. The number of likely N-dealkylation sites (N-methyl/N-ethyl adjacent to an activating group) is 1. The molecule has 11 heteroatoms. The molecule has 4 aliphatic rings. The van der Waals surface area contributed by atoms with Gasteiger partial charge in [0.1, 0.15) is 22.8 Å². The summed E-state index contributed by atoms with van der Waals surface area (Å²) in [6.07, 6.45) is 4.72. The molecule has 2 saturated carbocycles. The van der Waals surface area contributed by atoms with E-state index in [0.29, 0.717) is 23.7 Å². The number of Topliss-reactive ketones (excluding diaryl/α,β-unsaturated/α-hetero) is 2. The number of benzene rings is 1. The molecule has 0 aromatic heterocycles. The van der Waals surface area contributed by atoms with Crippen LogP contribution >= 0.6 is 0 Å². The normalized spacial score (nSPS) is 28.6. The largest absolute Gasteiger partial charge is 0.508 e. The third kappa shape index (κ3) is 4.02. The number of aliphatic hydroxyl groups is 3.